The van der Waals surface area contributed by atoms with Gasteiger partial charge in [0.25, 0.3) is 0 Å². The average molecular weight is 303 g/mol. The summed E-state index contributed by atoms with van der Waals surface area (Å²) in [5, 5.41) is 9.64. The van der Waals surface area contributed by atoms with E-state index in [1.165, 1.54) is 19.3 Å². The summed E-state index contributed by atoms with van der Waals surface area (Å²) < 4.78 is 23.0. The van der Waals surface area contributed by atoms with Gasteiger partial charge in [-0.2, -0.15) is 0 Å². The molecule has 2 heterocycles. The van der Waals surface area contributed by atoms with E-state index < -0.39 is 24.4 Å². The van der Waals surface area contributed by atoms with Gasteiger partial charge >= 0.3 is 0 Å². The SMILES string of the molecule is CCCCCCCO[C@@H]1[C@H]2OC(C)(C)O[C@H]2O[C@@H]1C(N)O. The maximum Gasteiger partial charge on any atom is 0.190 e. The molecule has 0 aliphatic carbocycles. The first kappa shape index (κ1) is 17.1. The molecule has 0 aromatic carbocycles. The molecule has 0 saturated carbocycles. The van der Waals surface area contributed by atoms with Crippen molar-refractivity contribution in [3.05, 3.63) is 0 Å². The lowest BCUT2D eigenvalue weighted by atomic mass is 10.1. The Morgan fingerprint density at radius 3 is 2.57 bits per heavy atom. The van der Waals surface area contributed by atoms with Gasteiger partial charge in [-0.25, -0.2) is 0 Å². The summed E-state index contributed by atoms with van der Waals surface area (Å²) in [6.07, 6.45) is 2.90. The van der Waals surface area contributed by atoms with E-state index >= 15 is 0 Å². The smallest absolute Gasteiger partial charge is 0.190 e. The van der Waals surface area contributed by atoms with Crippen LogP contribution in [-0.2, 0) is 18.9 Å². The van der Waals surface area contributed by atoms with Crippen LogP contribution in [0.4, 0.5) is 0 Å². The van der Waals surface area contributed by atoms with Crippen molar-refractivity contribution in [2.45, 2.75) is 89.5 Å². The molecule has 0 radical (unpaired) electrons. The Morgan fingerprint density at radius 1 is 1.19 bits per heavy atom. The van der Waals surface area contributed by atoms with Gasteiger partial charge in [0.15, 0.2) is 12.1 Å². The van der Waals surface area contributed by atoms with Gasteiger partial charge in [0, 0.05) is 6.61 Å². The number of rotatable bonds is 8. The van der Waals surface area contributed by atoms with Crippen LogP contribution < -0.4 is 5.73 Å². The van der Waals surface area contributed by atoms with Crippen LogP contribution >= 0.6 is 0 Å². The average Bonchev–Trinajstić information content (AvgIpc) is 2.86. The van der Waals surface area contributed by atoms with Crippen LogP contribution in [0.2, 0.25) is 0 Å². The normalized spacial score (nSPS) is 35.9. The summed E-state index contributed by atoms with van der Waals surface area (Å²) in [5.74, 6) is -0.692. The van der Waals surface area contributed by atoms with Gasteiger partial charge in [-0.3, -0.25) is 0 Å². The second-order valence-electron chi connectivity index (χ2n) is 6.31. The van der Waals surface area contributed by atoms with Gasteiger partial charge in [0.05, 0.1) is 0 Å². The van der Waals surface area contributed by atoms with Crippen molar-refractivity contribution in [2.24, 2.45) is 5.73 Å². The van der Waals surface area contributed by atoms with Gasteiger partial charge in [0.2, 0.25) is 0 Å². The lowest BCUT2D eigenvalue weighted by Gasteiger charge is -2.27. The molecule has 5 atom stereocenters. The number of hydrogen-bond donors (Lipinski definition) is 2. The summed E-state index contributed by atoms with van der Waals surface area (Å²) >= 11 is 0. The first-order valence-electron chi connectivity index (χ1n) is 8.01. The van der Waals surface area contributed by atoms with E-state index in [0.717, 1.165) is 12.8 Å². The predicted molar refractivity (Wildman–Crippen MR) is 77.4 cm³/mol. The summed E-state index contributed by atoms with van der Waals surface area (Å²) in [7, 11) is 0. The van der Waals surface area contributed by atoms with Crippen molar-refractivity contribution >= 4 is 0 Å². The third kappa shape index (κ3) is 4.37. The molecular formula is C15H29NO5. The van der Waals surface area contributed by atoms with E-state index in [1.54, 1.807) is 0 Å². The first-order chi connectivity index (χ1) is 9.94. The quantitative estimate of drug-likeness (QED) is 0.522. The number of hydrogen-bond acceptors (Lipinski definition) is 6. The molecule has 2 aliphatic rings. The molecule has 0 bridgehead atoms. The zero-order chi connectivity index (χ0) is 15.5. The zero-order valence-corrected chi connectivity index (χ0v) is 13.3. The largest absolute Gasteiger partial charge is 0.376 e. The fourth-order valence-electron chi connectivity index (χ4n) is 2.89. The van der Waals surface area contributed by atoms with Crippen LogP contribution in [0.5, 0.6) is 0 Å². The Balaban J connectivity index is 1.82. The van der Waals surface area contributed by atoms with Crippen molar-refractivity contribution in [1.82, 2.24) is 0 Å². The first-order valence-corrected chi connectivity index (χ1v) is 8.01. The number of fused-ring (bicyclic) bond motifs is 1. The Bertz CT molecular complexity index is 323. The summed E-state index contributed by atoms with van der Waals surface area (Å²) in [6.45, 7) is 6.49. The number of ether oxygens (including phenoxy) is 4. The monoisotopic (exact) mass is 303 g/mol. The van der Waals surface area contributed by atoms with Gasteiger partial charge in [-0.05, 0) is 20.3 Å². The fourth-order valence-corrected chi connectivity index (χ4v) is 2.89. The van der Waals surface area contributed by atoms with E-state index in [-0.39, 0.29) is 12.2 Å². The molecule has 2 rings (SSSR count). The Hall–Kier alpha value is -0.240. The molecule has 2 saturated heterocycles. The molecule has 21 heavy (non-hydrogen) atoms. The maximum absolute atomic E-state index is 9.64. The maximum atomic E-state index is 9.64. The van der Waals surface area contributed by atoms with Crippen LogP contribution in [0.25, 0.3) is 0 Å². The molecule has 124 valence electrons. The van der Waals surface area contributed by atoms with Crippen LogP contribution in [0.3, 0.4) is 0 Å². The third-order valence-electron chi connectivity index (χ3n) is 3.92. The minimum absolute atomic E-state index is 0.334. The molecule has 1 unspecified atom stereocenters. The molecule has 0 aromatic rings. The Kier molecular flexibility index (Phi) is 5.99. The van der Waals surface area contributed by atoms with E-state index in [4.69, 9.17) is 24.7 Å². The van der Waals surface area contributed by atoms with Crippen LogP contribution in [-0.4, -0.2) is 48.3 Å². The zero-order valence-electron chi connectivity index (χ0n) is 13.3. The summed E-state index contributed by atoms with van der Waals surface area (Å²) in [5.41, 5.74) is 5.57. The number of nitrogens with two attached hydrogens (primary N) is 1. The van der Waals surface area contributed by atoms with Crippen LogP contribution in [0.15, 0.2) is 0 Å². The van der Waals surface area contributed by atoms with Crippen molar-refractivity contribution < 1.29 is 24.1 Å². The van der Waals surface area contributed by atoms with Gasteiger partial charge in [-0.15, -0.1) is 0 Å². The number of aliphatic hydroxyl groups excluding tert-OH is 1. The van der Waals surface area contributed by atoms with E-state index in [1.807, 2.05) is 13.8 Å². The molecule has 0 spiro atoms. The molecule has 0 aromatic heterocycles. The lowest BCUT2D eigenvalue weighted by molar-refractivity contribution is -0.229. The fraction of sp³-hybridized carbons (Fsp3) is 1.00. The highest BCUT2D eigenvalue weighted by Crippen LogP contribution is 2.39. The standard InChI is InChI=1S/C15H29NO5/c1-4-5-6-7-8-9-18-10-11(13(16)17)19-14-12(10)20-15(2,3)21-14/h10-14,17H,4-9,16H2,1-3H3/t10-,11-,12+,13?,14+/m0/s1. The van der Waals surface area contributed by atoms with Crippen molar-refractivity contribution in [3.8, 4) is 0 Å². The second kappa shape index (κ2) is 7.35. The van der Waals surface area contributed by atoms with Crippen molar-refractivity contribution in [2.75, 3.05) is 6.61 Å². The summed E-state index contributed by atoms with van der Waals surface area (Å²) in [4.78, 5) is 0. The van der Waals surface area contributed by atoms with Crippen molar-refractivity contribution in [3.63, 3.8) is 0 Å². The van der Waals surface area contributed by atoms with Crippen molar-refractivity contribution in [1.29, 1.82) is 0 Å². The second-order valence-corrected chi connectivity index (χ2v) is 6.31. The molecule has 6 nitrogen and oxygen atoms in total. The van der Waals surface area contributed by atoms with Gasteiger partial charge < -0.3 is 29.8 Å². The molecule has 0 amide bonds. The highest BCUT2D eigenvalue weighted by molar-refractivity contribution is 4.95. The highest BCUT2D eigenvalue weighted by Gasteiger charge is 2.56. The molecule has 6 heteroatoms. The Labute approximate surface area is 126 Å². The van der Waals surface area contributed by atoms with Crippen LogP contribution in [0.1, 0.15) is 52.9 Å². The lowest BCUT2D eigenvalue weighted by Crippen LogP contribution is -2.46. The molecule has 2 aliphatic heterocycles. The van der Waals surface area contributed by atoms with Gasteiger partial charge in [-0.1, -0.05) is 32.6 Å². The molecule has 2 fully saturated rings. The van der Waals surface area contributed by atoms with E-state index in [9.17, 15) is 5.11 Å². The summed E-state index contributed by atoms with van der Waals surface area (Å²) in [6, 6.07) is 0. The Morgan fingerprint density at radius 2 is 1.90 bits per heavy atom. The minimum atomic E-state index is -1.10. The topological polar surface area (TPSA) is 83.2 Å². The minimum Gasteiger partial charge on any atom is -0.376 e. The van der Waals surface area contributed by atoms with E-state index in [0.29, 0.717) is 6.61 Å². The predicted octanol–water partition coefficient (Wildman–Crippen LogP) is 1.50. The number of unbranched alkanes of at least 4 members (excludes halogenated alkanes) is 4. The number of aliphatic hydroxyl groups is 1. The molecular weight excluding hydrogens is 274 g/mol. The highest BCUT2D eigenvalue weighted by atomic mass is 16.8. The van der Waals surface area contributed by atoms with Crippen LogP contribution in [0, 0.1) is 0 Å². The van der Waals surface area contributed by atoms with Gasteiger partial charge in [0.1, 0.15) is 24.5 Å². The third-order valence-corrected chi connectivity index (χ3v) is 3.92. The van der Waals surface area contributed by atoms with E-state index in [2.05, 4.69) is 6.92 Å². The molecule has 3 N–H and O–H groups in total.